The number of nitrogens with zero attached hydrogens (tertiary/aromatic N) is 3. The van der Waals surface area contributed by atoms with Crippen LogP contribution in [0.3, 0.4) is 0 Å². The van der Waals surface area contributed by atoms with Crippen LogP contribution in [0.1, 0.15) is 21.7 Å². The summed E-state index contributed by atoms with van der Waals surface area (Å²) >= 11 is 0. The Morgan fingerprint density at radius 3 is 2.71 bits per heavy atom. The topological polar surface area (TPSA) is 59.3 Å². The van der Waals surface area contributed by atoms with Gasteiger partial charge in [-0.1, -0.05) is 6.07 Å². The van der Waals surface area contributed by atoms with Gasteiger partial charge < -0.3 is 5.32 Å². The highest BCUT2D eigenvalue weighted by atomic mass is 19.4. The van der Waals surface area contributed by atoms with Crippen LogP contribution in [0.25, 0.3) is 5.65 Å². The van der Waals surface area contributed by atoms with E-state index in [1.54, 1.807) is 28.8 Å². The standard InChI is InChI=1S/C15H10F4N4O/c16-11-5-4-9(7-10(11)15(17,18)19)14(24)20-8-13-22-21-12-3-1-2-6-23(12)13/h1-7H,8H2,(H,20,24). The molecule has 0 fully saturated rings. The lowest BCUT2D eigenvalue weighted by Crippen LogP contribution is -2.24. The Kier molecular flexibility index (Phi) is 3.92. The van der Waals surface area contributed by atoms with Crippen molar-refractivity contribution in [2.24, 2.45) is 0 Å². The maximum atomic E-state index is 13.2. The number of hydrogen-bond donors (Lipinski definition) is 1. The van der Waals surface area contributed by atoms with Crippen LogP contribution in [0.2, 0.25) is 0 Å². The van der Waals surface area contributed by atoms with Crippen LogP contribution in [0, 0.1) is 5.82 Å². The van der Waals surface area contributed by atoms with Crippen molar-refractivity contribution in [3.8, 4) is 0 Å². The van der Waals surface area contributed by atoms with Gasteiger partial charge in [-0.25, -0.2) is 4.39 Å². The highest BCUT2D eigenvalue weighted by Gasteiger charge is 2.34. The largest absolute Gasteiger partial charge is 0.419 e. The Hall–Kier alpha value is -2.97. The number of hydrogen-bond acceptors (Lipinski definition) is 3. The molecule has 1 N–H and O–H groups in total. The molecular weight excluding hydrogens is 328 g/mol. The summed E-state index contributed by atoms with van der Waals surface area (Å²) in [6, 6.07) is 7.31. The molecule has 3 rings (SSSR count). The normalized spacial score (nSPS) is 11.7. The molecule has 2 aromatic heterocycles. The third kappa shape index (κ3) is 3.05. The Morgan fingerprint density at radius 2 is 1.96 bits per heavy atom. The Labute approximate surface area is 132 Å². The molecule has 0 radical (unpaired) electrons. The van der Waals surface area contributed by atoms with E-state index in [9.17, 15) is 22.4 Å². The average Bonchev–Trinajstić information content (AvgIpc) is 2.95. The van der Waals surface area contributed by atoms with Gasteiger partial charge in [0.15, 0.2) is 11.5 Å². The molecule has 0 saturated carbocycles. The molecule has 5 nitrogen and oxygen atoms in total. The Balaban J connectivity index is 1.78. The van der Waals surface area contributed by atoms with E-state index >= 15 is 0 Å². The minimum Gasteiger partial charge on any atom is -0.345 e. The van der Waals surface area contributed by atoms with E-state index in [0.29, 0.717) is 23.6 Å². The monoisotopic (exact) mass is 338 g/mol. The lowest BCUT2D eigenvalue weighted by molar-refractivity contribution is -0.140. The number of fused-ring (bicyclic) bond motifs is 1. The molecule has 24 heavy (non-hydrogen) atoms. The second-order valence-electron chi connectivity index (χ2n) is 4.92. The molecule has 9 heteroatoms. The van der Waals surface area contributed by atoms with E-state index in [1.165, 1.54) is 0 Å². The summed E-state index contributed by atoms with van der Waals surface area (Å²) in [4.78, 5) is 12.0. The highest BCUT2D eigenvalue weighted by molar-refractivity contribution is 5.94. The van der Waals surface area contributed by atoms with Gasteiger partial charge in [0, 0.05) is 11.8 Å². The molecule has 0 bridgehead atoms. The molecular formula is C15H10F4N4O. The summed E-state index contributed by atoms with van der Waals surface area (Å²) in [5, 5.41) is 10.2. The maximum absolute atomic E-state index is 13.2. The molecule has 0 saturated heterocycles. The van der Waals surface area contributed by atoms with E-state index in [4.69, 9.17) is 0 Å². The molecule has 1 aromatic carbocycles. The van der Waals surface area contributed by atoms with Gasteiger partial charge in [0.1, 0.15) is 5.82 Å². The minimum atomic E-state index is -4.87. The van der Waals surface area contributed by atoms with Crippen LogP contribution in [0.5, 0.6) is 0 Å². The molecule has 0 aliphatic rings. The summed E-state index contributed by atoms with van der Waals surface area (Å²) in [5.74, 6) is -1.78. The van der Waals surface area contributed by atoms with Gasteiger partial charge >= 0.3 is 6.18 Å². The van der Waals surface area contributed by atoms with Crippen molar-refractivity contribution in [1.29, 1.82) is 0 Å². The van der Waals surface area contributed by atoms with Crippen LogP contribution >= 0.6 is 0 Å². The van der Waals surface area contributed by atoms with Crippen LogP contribution in [-0.2, 0) is 12.7 Å². The van der Waals surface area contributed by atoms with Crippen molar-refractivity contribution >= 4 is 11.6 Å². The number of carbonyl (C=O) groups excluding carboxylic acids is 1. The number of aromatic nitrogens is 3. The van der Waals surface area contributed by atoms with Gasteiger partial charge in [-0.05, 0) is 30.3 Å². The van der Waals surface area contributed by atoms with Crippen molar-refractivity contribution in [2.45, 2.75) is 12.7 Å². The number of alkyl halides is 3. The molecule has 0 unspecified atom stereocenters. The van der Waals surface area contributed by atoms with E-state index in [-0.39, 0.29) is 12.1 Å². The predicted octanol–water partition coefficient (Wildman–Crippen LogP) is 2.82. The number of nitrogens with one attached hydrogen (secondary N) is 1. The molecule has 1 amide bonds. The number of benzene rings is 1. The number of amides is 1. The number of halogens is 4. The van der Waals surface area contributed by atoms with Crippen LogP contribution in [0.15, 0.2) is 42.6 Å². The third-order valence-electron chi connectivity index (χ3n) is 3.33. The van der Waals surface area contributed by atoms with Crippen molar-refractivity contribution < 1.29 is 22.4 Å². The highest BCUT2D eigenvalue weighted by Crippen LogP contribution is 2.31. The second kappa shape index (κ2) is 5.91. The van der Waals surface area contributed by atoms with E-state index in [2.05, 4.69) is 15.5 Å². The SMILES string of the molecule is O=C(NCc1nnc2ccccn12)c1ccc(F)c(C(F)(F)F)c1. The van der Waals surface area contributed by atoms with Crippen molar-refractivity contribution in [2.75, 3.05) is 0 Å². The quantitative estimate of drug-likeness (QED) is 0.747. The Bertz CT molecular complexity index is 904. The minimum absolute atomic E-state index is 0.0389. The summed E-state index contributed by atoms with van der Waals surface area (Å²) in [6.07, 6.45) is -3.18. The van der Waals surface area contributed by atoms with Crippen LogP contribution < -0.4 is 5.32 Å². The average molecular weight is 338 g/mol. The molecule has 0 atom stereocenters. The van der Waals surface area contributed by atoms with Crippen molar-refractivity contribution in [3.63, 3.8) is 0 Å². The molecule has 0 aliphatic carbocycles. The lowest BCUT2D eigenvalue weighted by Gasteiger charge is -2.10. The summed E-state index contributed by atoms with van der Waals surface area (Å²) in [7, 11) is 0. The summed E-state index contributed by atoms with van der Waals surface area (Å²) in [6.45, 7) is -0.0389. The van der Waals surface area contributed by atoms with Gasteiger partial charge in [0.2, 0.25) is 0 Å². The van der Waals surface area contributed by atoms with E-state index in [1.807, 2.05) is 0 Å². The van der Waals surface area contributed by atoms with Crippen LogP contribution in [0.4, 0.5) is 17.6 Å². The van der Waals surface area contributed by atoms with Gasteiger partial charge in [-0.15, -0.1) is 10.2 Å². The smallest absolute Gasteiger partial charge is 0.345 e. The molecule has 0 spiro atoms. The van der Waals surface area contributed by atoms with E-state index in [0.717, 1.165) is 6.07 Å². The Morgan fingerprint density at radius 1 is 1.17 bits per heavy atom. The number of rotatable bonds is 3. The van der Waals surface area contributed by atoms with Gasteiger partial charge in [-0.2, -0.15) is 13.2 Å². The number of pyridine rings is 1. The first-order valence-electron chi connectivity index (χ1n) is 6.80. The fourth-order valence-corrected chi connectivity index (χ4v) is 2.16. The predicted molar refractivity (Wildman–Crippen MR) is 75.6 cm³/mol. The molecule has 0 aliphatic heterocycles. The second-order valence-corrected chi connectivity index (χ2v) is 4.92. The van der Waals surface area contributed by atoms with Crippen molar-refractivity contribution in [1.82, 2.24) is 19.9 Å². The van der Waals surface area contributed by atoms with Gasteiger partial charge in [0.25, 0.3) is 5.91 Å². The number of carbonyl (C=O) groups is 1. The summed E-state index contributed by atoms with van der Waals surface area (Å²) in [5.41, 5.74) is -1.21. The first kappa shape index (κ1) is 15.9. The zero-order chi connectivity index (χ0) is 17.3. The molecule has 3 aromatic rings. The van der Waals surface area contributed by atoms with Crippen molar-refractivity contribution in [3.05, 3.63) is 65.4 Å². The zero-order valence-electron chi connectivity index (χ0n) is 12.0. The molecule has 124 valence electrons. The first-order valence-corrected chi connectivity index (χ1v) is 6.80. The van der Waals surface area contributed by atoms with Gasteiger partial charge in [-0.3, -0.25) is 9.20 Å². The lowest BCUT2D eigenvalue weighted by atomic mass is 10.1. The third-order valence-corrected chi connectivity index (χ3v) is 3.33. The summed E-state index contributed by atoms with van der Waals surface area (Å²) < 4.78 is 52.9. The molecule has 2 heterocycles. The fourth-order valence-electron chi connectivity index (χ4n) is 2.16. The first-order chi connectivity index (χ1) is 11.4. The van der Waals surface area contributed by atoms with Crippen LogP contribution in [-0.4, -0.2) is 20.5 Å². The van der Waals surface area contributed by atoms with Gasteiger partial charge in [0.05, 0.1) is 12.1 Å². The van der Waals surface area contributed by atoms with E-state index < -0.39 is 23.5 Å². The maximum Gasteiger partial charge on any atom is 0.419 e. The fraction of sp³-hybridized carbons (Fsp3) is 0.133. The zero-order valence-corrected chi connectivity index (χ0v) is 12.0.